The quantitative estimate of drug-likeness (QED) is 0.855. The summed E-state index contributed by atoms with van der Waals surface area (Å²) in [6.45, 7) is 2.26. The Balaban J connectivity index is 1.95. The van der Waals surface area contributed by atoms with Crippen LogP contribution >= 0.6 is 11.6 Å². The summed E-state index contributed by atoms with van der Waals surface area (Å²) < 4.78 is 1.88. The second-order valence-corrected chi connectivity index (χ2v) is 5.57. The fraction of sp³-hybridized carbons (Fsp3) is 0.500. The van der Waals surface area contributed by atoms with Gasteiger partial charge < -0.3 is 9.88 Å². The molecule has 1 saturated carbocycles. The molecule has 0 atom stereocenters. The highest BCUT2D eigenvalue weighted by atomic mass is 35.5. The van der Waals surface area contributed by atoms with Gasteiger partial charge in [-0.2, -0.15) is 0 Å². The van der Waals surface area contributed by atoms with Crippen LogP contribution in [0.3, 0.4) is 0 Å². The maximum atomic E-state index is 12.0. The van der Waals surface area contributed by atoms with E-state index < -0.39 is 0 Å². The Bertz CT molecular complexity index is 648. The van der Waals surface area contributed by atoms with Crippen molar-refractivity contribution in [3.05, 3.63) is 23.7 Å². The molecule has 2 aromatic heterocycles. The lowest BCUT2D eigenvalue weighted by molar-refractivity contribution is -0.121. The highest BCUT2D eigenvalue weighted by Crippen LogP contribution is 2.20. The number of amides is 1. The molecule has 0 aliphatic heterocycles. The van der Waals surface area contributed by atoms with E-state index in [1.54, 1.807) is 6.20 Å². The Labute approximate surface area is 122 Å². The summed E-state index contributed by atoms with van der Waals surface area (Å²) in [6.07, 6.45) is 4.55. The van der Waals surface area contributed by atoms with E-state index >= 15 is 0 Å². The van der Waals surface area contributed by atoms with Crippen molar-refractivity contribution in [2.75, 3.05) is 5.88 Å². The minimum absolute atomic E-state index is 0.0194. The molecule has 1 aliphatic carbocycles. The monoisotopic (exact) mass is 292 g/mol. The summed E-state index contributed by atoms with van der Waals surface area (Å²) in [4.78, 5) is 21.0. The van der Waals surface area contributed by atoms with E-state index in [0.29, 0.717) is 18.3 Å². The molecular formula is C14H17ClN4O. The number of nitrogens with zero attached hydrogens (tertiary/aromatic N) is 3. The van der Waals surface area contributed by atoms with Crippen molar-refractivity contribution in [2.45, 2.75) is 38.8 Å². The number of pyridine rings is 1. The largest absolute Gasteiger partial charge is 0.352 e. The van der Waals surface area contributed by atoms with Crippen molar-refractivity contribution in [1.82, 2.24) is 19.9 Å². The summed E-state index contributed by atoms with van der Waals surface area (Å²) >= 11 is 5.83. The summed E-state index contributed by atoms with van der Waals surface area (Å²) in [5.41, 5.74) is 2.68. The number of hydrogen-bond acceptors (Lipinski definition) is 3. The molecule has 106 valence electrons. The Morgan fingerprint density at radius 3 is 3.05 bits per heavy atom. The average Bonchev–Trinajstić information content (AvgIpc) is 3.15. The summed E-state index contributed by atoms with van der Waals surface area (Å²) in [6, 6.07) is 2.29. The van der Waals surface area contributed by atoms with Crippen molar-refractivity contribution >= 4 is 28.7 Å². The number of halogens is 1. The fourth-order valence-electron chi connectivity index (χ4n) is 2.27. The lowest BCUT2D eigenvalue weighted by Gasteiger charge is -2.08. The number of alkyl halides is 1. The molecule has 1 aliphatic rings. The highest BCUT2D eigenvalue weighted by molar-refractivity contribution is 6.17. The first-order valence-corrected chi connectivity index (χ1v) is 7.38. The van der Waals surface area contributed by atoms with Gasteiger partial charge in [-0.25, -0.2) is 9.97 Å². The average molecular weight is 293 g/mol. The Hall–Kier alpha value is -1.62. The van der Waals surface area contributed by atoms with E-state index in [-0.39, 0.29) is 12.5 Å². The summed E-state index contributed by atoms with van der Waals surface area (Å²) in [5, 5.41) is 2.99. The second kappa shape index (κ2) is 5.40. The number of carbonyl (C=O) groups excluding carboxylic acids is 1. The van der Waals surface area contributed by atoms with Gasteiger partial charge in [-0.15, -0.1) is 11.6 Å². The molecule has 2 heterocycles. The second-order valence-electron chi connectivity index (χ2n) is 5.20. The standard InChI is InChI=1S/C14H17ClN4O/c1-9-5-7-16-14-13(9)18-11(4-6-15)19(14)8-12(20)17-10-2-3-10/h5,7,10H,2-4,6,8H2,1H3,(H,17,20). The van der Waals surface area contributed by atoms with Gasteiger partial charge in [-0.1, -0.05) is 0 Å². The van der Waals surface area contributed by atoms with E-state index in [1.165, 1.54) is 0 Å². The third-order valence-corrected chi connectivity index (χ3v) is 3.67. The topological polar surface area (TPSA) is 59.8 Å². The van der Waals surface area contributed by atoms with Crippen LogP contribution in [0.4, 0.5) is 0 Å². The SMILES string of the molecule is Cc1ccnc2c1nc(CCCl)n2CC(=O)NC1CC1. The maximum absolute atomic E-state index is 12.0. The van der Waals surface area contributed by atoms with Gasteiger partial charge in [0.1, 0.15) is 17.9 Å². The Kier molecular flexibility index (Phi) is 3.61. The maximum Gasteiger partial charge on any atom is 0.240 e. The highest BCUT2D eigenvalue weighted by Gasteiger charge is 2.24. The molecule has 1 N–H and O–H groups in total. The molecule has 20 heavy (non-hydrogen) atoms. The van der Waals surface area contributed by atoms with Gasteiger partial charge in [-0.05, 0) is 31.4 Å². The third kappa shape index (κ3) is 2.63. The summed E-state index contributed by atoms with van der Waals surface area (Å²) in [7, 11) is 0. The number of rotatable bonds is 5. The molecule has 0 bridgehead atoms. The predicted molar refractivity (Wildman–Crippen MR) is 77.9 cm³/mol. The molecule has 5 nitrogen and oxygen atoms in total. The molecule has 3 rings (SSSR count). The van der Waals surface area contributed by atoms with E-state index in [1.807, 2.05) is 17.6 Å². The third-order valence-electron chi connectivity index (χ3n) is 3.48. The Morgan fingerprint density at radius 2 is 2.35 bits per heavy atom. The zero-order chi connectivity index (χ0) is 14.1. The van der Waals surface area contributed by atoms with Gasteiger partial charge in [0.2, 0.25) is 5.91 Å². The van der Waals surface area contributed by atoms with Crippen LogP contribution in [0.5, 0.6) is 0 Å². The number of nitrogens with one attached hydrogen (secondary N) is 1. The smallest absolute Gasteiger partial charge is 0.240 e. The van der Waals surface area contributed by atoms with E-state index in [0.717, 1.165) is 35.4 Å². The van der Waals surface area contributed by atoms with E-state index in [9.17, 15) is 4.79 Å². The molecule has 1 fully saturated rings. The minimum atomic E-state index is 0.0194. The van der Waals surface area contributed by atoms with Crippen LogP contribution in [0.1, 0.15) is 24.2 Å². The number of hydrogen-bond donors (Lipinski definition) is 1. The molecule has 1 amide bonds. The van der Waals surface area contributed by atoms with Crippen LogP contribution in [-0.2, 0) is 17.8 Å². The van der Waals surface area contributed by atoms with Crippen LogP contribution in [0.2, 0.25) is 0 Å². The molecular weight excluding hydrogens is 276 g/mol. The summed E-state index contributed by atoms with van der Waals surface area (Å²) in [5.74, 6) is 1.32. The molecule has 0 saturated heterocycles. The molecule has 0 aromatic carbocycles. The van der Waals surface area contributed by atoms with Crippen LogP contribution in [0.25, 0.3) is 11.2 Å². The van der Waals surface area contributed by atoms with Crippen LogP contribution in [0.15, 0.2) is 12.3 Å². The number of carbonyl (C=O) groups is 1. The first-order chi connectivity index (χ1) is 9.69. The number of aryl methyl sites for hydroxylation is 2. The number of fused-ring (bicyclic) bond motifs is 1. The molecule has 0 radical (unpaired) electrons. The van der Waals surface area contributed by atoms with Gasteiger partial charge in [-0.3, -0.25) is 4.79 Å². The van der Waals surface area contributed by atoms with Gasteiger partial charge in [0.25, 0.3) is 0 Å². The lowest BCUT2D eigenvalue weighted by atomic mass is 10.3. The lowest BCUT2D eigenvalue weighted by Crippen LogP contribution is -2.30. The van der Waals surface area contributed by atoms with Crippen LogP contribution in [-0.4, -0.2) is 32.4 Å². The van der Waals surface area contributed by atoms with Crippen molar-refractivity contribution in [3.63, 3.8) is 0 Å². The van der Waals surface area contributed by atoms with Crippen molar-refractivity contribution < 1.29 is 4.79 Å². The first kappa shape index (κ1) is 13.4. The minimum Gasteiger partial charge on any atom is -0.352 e. The molecule has 0 spiro atoms. The van der Waals surface area contributed by atoms with Crippen molar-refractivity contribution in [3.8, 4) is 0 Å². The zero-order valence-electron chi connectivity index (χ0n) is 11.4. The predicted octanol–water partition coefficient (Wildman–Crippen LogP) is 1.80. The number of aromatic nitrogens is 3. The van der Waals surface area contributed by atoms with Gasteiger partial charge >= 0.3 is 0 Å². The first-order valence-electron chi connectivity index (χ1n) is 6.85. The molecule has 2 aromatic rings. The molecule has 0 unspecified atom stereocenters. The van der Waals surface area contributed by atoms with Crippen molar-refractivity contribution in [1.29, 1.82) is 0 Å². The normalized spacial score (nSPS) is 14.7. The zero-order valence-corrected chi connectivity index (χ0v) is 12.2. The molecule has 6 heteroatoms. The van der Waals surface area contributed by atoms with Crippen LogP contribution < -0.4 is 5.32 Å². The van der Waals surface area contributed by atoms with E-state index in [4.69, 9.17) is 11.6 Å². The number of imidazole rings is 1. The Morgan fingerprint density at radius 1 is 1.55 bits per heavy atom. The van der Waals surface area contributed by atoms with E-state index in [2.05, 4.69) is 15.3 Å². The van der Waals surface area contributed by atoms with Gasteiger partial charge in [0.05, 0.1) is 0 Å². The van der Waals surface area contributed by atoms with Crippen molar-refractivity contribution in [2.24, 2.45) is 0 Å². The van der Waals surface area contributed by atoms with Gasteiger partial charge in [0, 0.05) is 24.5 Å². The van der Waals surface area contributed by atoms with Gasteiger partial charge in [0.15, 0.2) is 5.65 Å². The fourth-order valence-corrected chi connectivity index (χ4v) is 2.44. The van der Waals surface area contributed by atoms with Crippen LogP contribution in [0, 0.1) is 6.92 Å².